The highest BCUT2D eigenvalue weighted by atomic mass is 31.2. The summed E-state index contributed by atoms with van der Waals surface area (Å²) >= 11 is 0. The second kappa shape index (κ2) is 5.16. The Bertz CT molecular complexity index is 726. The fraction of sp³-hybridized carbons (Fsp3) is 0.667. The SMILES string of the molecule is COC1(c2cccc(P(=O)(O)O)c2)OOC12C1CC3CC(C1)CC2C3. The molecule has 0 aromatic heterocycles. The van der Waals surface area contributed by atoms with Crippen molar-refractivity contribution in [2.24, 2.45) is 23.7 Å². The van der Waals surface area contributed by atoms with Gasteiger partial charge in [0, 0.05) is 12.7 Å². The second-order valence-corrected chi connectivity index (χ2v) is 9.78. The Hall–Kier alpha value is -0.750. The Balaban J connectivity index is 1.61. The van der Waals surface area contributed by atoms with Gasteiger partial charge in [0.2, 0.25) is 0 Å². The molecule has 4 bridgehead atoms. The molecule has 1 atom stereocenters. The molecule has 1 aliphatic heterocycles. The largest absolute Gasteiger partial charge is 0.356 e. The molecule has 1 aromatic rings. The standard InChI is InChI=1S/C18H23O6P/c1-22-18(13-3-2-4-16(10-13)25(19,20)21)17(23-24-18)14-6-11-5-12(8-14)9-15(17)7-11/h2-4,10-12,14-15H,5-9H2,1H3,(H2,19,20,21). The van der Waals surface area contributed by atoms with Crippen LogP contribution in [0.3, 0.4) is 0 Å². The van der Waals surface area contributed by atoms with E-state index in [1.165, 1.54) is 18.6 Å². The van der Waals surface area contributed by atoms with Crippen LogP contribution < -0.4 is 5.30 Å². The summed E-state index contributed by atoms with van der Waals surface area (Å²) in [4.78, 5) is 30.6. The molecule has 7 heteroatoms. The van der Waals surface area contributed by atoms with Crippen molar-refractivity contribution < 1.29 is 28.9 Å². The van der Waals surface area contributed by atoms with E-state index in [0.717, 1.165) is 37.5 Å². The monoisotopic (exact) mass is 366 g/mol. The maximum atomic E-state index is 11.7. The predicted molar refractivity (Wildman–Crippen MR) is 88.8 cm³/mol. The molecule has 6 rings (SSSR count). The first-order chi connectivity index (χ1) is 11.9. The minimum absolute atomic E-state index is 0.0177. The van der Waals surface area contributed by atoms with Crippen molar-refractivity contribution in [2.75, 3.05) is 7.11 Å². The number of rotatable bonds is 3. The molecule has 25 heavy (non-hydrogen) atoms. The van der Waals surface area contributed by atoms with Crippen molar-refractivity contribution in [3.05, 3.63) is 29.8 Å². The smallest absolute Gasteiger partial charge is 0.345 e. The highest BCUT2D eigenvalue weighted by Crippen LogP contribution is 2.69. The van der Waals surface area contributed by atoms with Gasteiger partial charge in [0.1, 0.15) is 0 Å². The quantitative estimate of drug-likeness (QED) is 0.631. The van der Waals surface area contributed by atoms with E-state index in [0.29, 0.717) is 17.4 Å². The lowest BCUT2D eigenvalue weighted by Gasteiger charge is -2.68. The molecule has 1 saturated heterocycles. The maximum absolute atomic E-state index is 11.7. The topological polar surface area (TPSA) is 85.2 Å². The van der Waals surface area contributed by atoms with Crippen LogP contribution in [0.1, 0.15) is 37.7 Å². The van der Waals surface area contributed by atoms with E-state index in [1.54, 1.807) is 13.2 Å². The van der Waals surface area contributed by atoms with Gasteiger partial charge in [-0.05, 0) is 67.9 Å². The summed E-state index contributed by atoms with van der Waals surface area (Å²) in [6.07, 6.45) is 5.83. The molecule has 1 spiro atoms. The van der Waals surface area contributed by atoms with Crippen molar-refractivity contribution in [3.8, 4) is 0 Å². The predicted octanol–water partition coefficient (Wildman–Crippen LogP) is 2.45. The molecule has 136 valence electrons. The van der Waals surface area contributed by atoms with Gasteiger partial charge in [0.15, 0.2) is 5.60 Å². The highest BCUT2D eigenvalue weighted by Gasteiger charge is 2.76. The first-order valence-corrected chi connectivity index (χ1v) is 10.6. The van der Waals surface area contributed by atoms with Gasteiger partial charge in [-0.2, -0.15) is 4.89 Å². The van der Waals surface area contributed by atoms with Crippen LogP contribution in [0.4, 0.5) is 0 Å². The van der Waals surface area contributed by atoms with Crippen molar-refractivity contribution in [2.45, 2.75) is 43.5 Å². The zero-order chi connectivity index (χ0) is 17.4. The zero-order valence-electron chi connectivity index (χ0n) is 14.1. The van der Waals surface area contributed by atoms with Crippen LogP contribution in [-0.2, 0) is 24.9 Å². The molecule has 4 aliphatic carbocycles. The molecule has 1 heterocycles. The van der Waals surface area contributed by atoms with Gasteiger partial charge in [-0.1, -0.05) is 12.1 Å². The van der Waals surface area contributed by atoms with Gasteiger partial charge in [-0.3, -0.25) is 4.57 Å². The molecule has 0 amide bonds. The Kier molecular flexibility index (Phi) is 3.39. The van der Waals surface area contributed by atoms with Crippen LogP contribution >= 0.6 is 7.60 Å². The summed E-state index contributed by atoms with van der Waals surface area (Å²) in [5.41, 5.74) is 0.0948. The molecule has 1 aromatic carbocycles. The third-order valence-corrected chi connectivity index (χ3v) is 7.96. The van der Waals surface area contributed by atoms with Crippen LogP contribution in [0.15, 0.2) is 24.3 Å². The van der Waals surface area contributed by atoms with E-state index in [-0.39, 0.29) is 5.30 Å². The van der Waals surface area contributed by atoms with Crippen molar-refractivity contribution in [1.29, 1.82) is 0 Å². The molecule has 4 saturated carbocycles. The Labute approximate surface area is 146 Å². The third-order valence-electron chi connectivity index (χ3n) is 7.01. The number of hydrogen-bond acceptors (Lipinski definition) is 4. The summed E-state index contributed by atoms with van der Waals surface area (Å²) < 4.78 is 17.6. The summed E-state index contributed by atoms with van der Waals surface area (Å²) in [5.74, 6) is 1.20. The van der Waals surface area contributed by atoms with Gasteiger partial charge in [-0.25, -0.2) is 4.89 Å². The molecule has 0 radical (unpaired) electrons. The average Bonchev–Trinajstić information content (AvgIpc) is 2.54. The van der Waals surface area contributed by atoms with Crippen molar-refractivity contribution in [3.63, 3.8) is 0 Å². The van der Waals surface area contributed by atoms with Gasteiger partial charge < -0.3 is 14.5 Å². The van der Waals surface area contributed by atoms with Crippen LogP contribution in [-0.4, -0.2) is 22.5 Å². The molecule has 5 fully saturated rings. The maximum Gasteiger partial charge on any atom is 0.356 e. The lowest BCUT2D eigenvalue weighted by Crippen LogP contribution is -2.76. The molecular weight excluding hydrogens is 343 g/mol. The van der Waals surface area contributed by atoms with Crippen LogP contribution in [0.2, 0.25) is 0 Å². The first kappa shape index (κ1) is 16.4. The van der Waals surface area contributed by atoms with E-state index >= 15 is 0 Å². The number of benzene rings is 1. The lowest BCUT2D eigenvalue weighted by atomic mass is 9.47. The zero-order valence-corrected chi connectivity index (χ0v) is 15.0. The fourth-order valence-corrected chi connectivity index (χ4v) is 6.84. The number of hydrogen-bond donors (Lipinski definition) is 2. The third kappa shape index (κ3) is 2.01. The van der Waals surface area contributed by atoms with E-state index in [4.69, 9.17) is 14.5 Å². The lowest BCUT2D eigenvalue weighted by molar-refractivity contribution is -0.645. The van der Waals surface area contributed by atoms with E-state index in [1.807, 2.05) is 6.07 Å². The normalized spacial score (nSPS) is 44.9. The molecule has 2 N–H and O–H groups in total. The molecule has 5 aliphatic rings. The van der Waals surface area contributed by atoms with E-state index in [2.05, 4.69) is 0 Å². The van der Waals surface area contributed by atoms with Crippen molar-refractivity contribution >= 4 is 12.9 Å². The Morgan fingerprint density at radius 3 is 2.20 bits per heavy atom. The van der Waals surface area contributed by atoms with Gasteiger partial charge in [0.05, 0.1) is 5.30 Å². The minimum Gasteiger partial charge on any atom is -0.345 e. The molecule has 6 nitrogen and oxygen atoms in total. The Morgan fingerprint density at radius 2 is 1.72 bits per heavy atom. The van der Waals surface area contributed by atoms with Crippen LogP contribution in [0.5, 0.6) is 0 Å². The summed E-state index contributed by atoms with van der Waals surface area (Å²) in [7, 11) is -2.74. The van der Waals surface area contributed by atoms with Crippen LogP contribution in [0, 0.1) is 23.7 Å². The van der Waals surface area contributed by atoms with Gasteiger partial charge in [0.25, 0.3) is 5.79 Å². The van der Waals surface area contributed by atoms with Gasteiger partial charge >= 0.3 is 7.60 Å². The summed E-state index contributed by atoms with van der Waals surface area (Å²) in [6, 6.07) is 6.42. The molecular formula is C18H23O6P. The van der Waals surface area contributed by atoms with Crippen molar-refractivity contribution in [1.82, 2.24) is 0 Å². The average molecular weight is 366 g/mol. The summed E-state index contributed by atoms with van der Waals surface area (Å²) in [6.45, 7) is 0. The van der Waals surface area contributed by atoms with Gasteiger partial charge in [-0.15, -0.1) is 0 Å². The summed E-state index contributed by atoms with van der Waals surface area (Å²) in [5, 5.41) is -0.0177. The molecule has 1 unspecified atom stereocenters. The highest BCUT2D eigenvalue weighted by molar-refractivity contribution is 7.60. The Morgan fingerprint density at radius 1 is 1.08 bits per heavy atom. The van der Waals surface area contributed by atoms with Crippen LogP contribution in [0.25, 0.3) is 0 Å². The van der Waals surface area contributed by atoms with E-state index < -0.39 is 19.0 Å². The first-order valence-electron chi connectivity index (χ1n) is 8.97. The fourth-order valence-electron chi connectivity index (χ4n) is 6.25. The second-order valence-electron chi connectivity index (χ2n) is 8.18. The number of methoxy groups -OCH3 is 1. The van der Waals surface area contributed by atoms with E-state index in [9.17, 15) is 14.4 Å². The number of ether oxygens (including phenoxy) is 1. The minimum atomic E-state index is -4.34.